The number of carbonyl (C=O) groups excluding carboxylic acids is 1. The third kappa shape index (κ3) is 3.49. The zero-order chi connectivity index (χ0) is 16.3. The molecule has 7 nitrogen and oxygen atoms in total. The highest BCUT2D eigenvalue weighted by Crippen LogP contribution is 2.19. The highest BCUT2D eigenvalue weighted by molar-refractivity contribution is 5.82. The Morgan fingerprint density at radius 1 is 1.32 bits per heavy atom. The third-order valence-corrected chi connectivity index (χ3v) is 3.05. The first-order valence-corrected chi connectivity index (χ1v) is 6.82. The van der Waals surface area contributed by atoms with Crippen molar-refractivity contribution in [3.8, 4) is 0 Å². The number of nitro groups is 1. The number of pyridine rings is 1. The van der Waals surface area contributed by atoms with E-state index in [1.54, 1.807) is 0 Å². The van der Waals surface area contributed by atoms with Crippen LogP contribution in [0.3, 0.4) is 0 Å². The maximum absolute atomic E-state index is 11.9. The van der Waals surface area contributed by atoms with Gasteiger partial charge in [0.05, 0.1) is 17.0 Å². The molecule has 0 bridgehead atoms. The fourth-order valence-corrected chi connectivity index (χ4v) is 2.00. The number of carbonyl (C=O) groups is 1. The molecule has 2 aromatic rings. The van der Waals surface area contributed by atoms with Crippen LogP contribution in [0.15, 0.2) is 35.1 Å². The summed E-state index contributed by atoms with van der Waals surface area (Å²) >= 11 is 0. The number of esters is 1. The average Bonchev–Trinajstić information content (AvgIpc) is 2.47. The topological polar surface area (TPSA) is 91.4 Å². The Kier molecular flexibility index (Phi) is 4.55. The van der Waals surface area contributed by atoms with Crippen LogP contribution in [-0.4, -0.2) is 22.1 Å². The van der Waals surface area contributed by atoms with Crippen LogP contribution >= 0.6 is 0 Å². The van der Waals surface area contributed by atoms with E-state index in [-0.39, 0.29) is 30.3 Å². The van der Waals surface area contributed by atoms with Gasteiger partial charge in [-0.3, -0.25) is 24.3 Å². The summed E-state index contributed by atoms with van der Waals surface area (Å²) in [4.78, 5) is 34.0. The third-order valence-electron chi connectivity index (χ3n) is 3.05. The number of aromatic nitrogens is 1. The molecule has 0 fully saturated rings. The first-order valence-electron chi connectivity index (χ1n) is 6.82. The number of nitrogens with zero attached hydrogens (tertiary/aromatic N) is 2. The summed E-state index contributed by atoms with van der Waals surface area (Å²) in [5.41, 5.74) is 0.0301. The van der Waals surface area contributed by atoms with Crippen LogP contribution in [0.4, 0.5) is 5.69 Å². The number of hydrogen-bond acceptors (Lipinski definition) is 5. The van der Waals surface area contributed by atoms with Gasteiger partial charge in [-0.05, 0) is 18.1 Å². The van der Waals surface area contributed by atoms with Gasteiger partial charge in [0, 0.05) is 23.6 Å². The molecule has 0 spiro atoms. The summed E-state index contributed by atoms with van der Waals surface area (Å²) in [5.74, 6) is -0.308. The summed E-state index contributed by atoms with van der Waals surface area (Å²) in [6.45, 7) is 3.89. The molecule has 22 heavy (non-hydrogen) atoms. The zero-order valence-corrected chi connectivity index (χ0v) is 12.3. The van der Waals surface area contributed by atoms with E-state index in [1.807, 2.05) is 13.8 Å². The molecule has 0 aliphatic rings. The monoisotopic (exact) mass is 304 g/mol. The van der Waals surface area contributed by atoms with Crippen molar-refractivity contribution in [3.05, 3.63) is 50.8 Å². The van der Waals surface area contributed by atoms with E-state index in [2.05, 4.69) is 0 Å². The summed E-state index contributed by atoms with van der Waals surface area (Å²) < 4.78 is 6.32. The molecular weight excluding hydrogens is 288 g/mol. The molecule has 0 aliphatic carbocycles. The second-order valence-electron chi connectivity index (χ2n) is 5.33. The van der Waals surface area contributed by atoms with E-state index in [1.165, 1.54) is 34.9 Å². The number of rotatable bonds is 5. The minimum Gasteiger partial charge on any atom is -0.464 e. The predicted molar refractivity (Wildman–Crippen MR) is 80.7 cm³/mol. The van der Waals surface area contributed by atoms with Gasteiger partial charge < -0.3 is 4.74 Å². The lowest BCUT2D eigenvalue weighted by atomic mass is 10.2. The van der Waals surface area contributed by atoms with Crippen molar-refractivity contribution >= 4 is 22.6 Å². The first-order chi connectivity index (χ1) is 10.4. The number of non-ortho nitro benzene ring substituents is 1. The first kappa shape index (κ1) is 15.7. The average molecular weight is 304 g/mol. The molecule has 0 radical (unpaired) electrons. The Hall–Kier alpha value is -2.70. The number of nitro benzene ring substituents is 1. The van der Waals surface area contributed by atoms with Gasteiger partial charge in [0.1, 0.15) is 6.54 Å². The Bertz CT molecular complexity index is 779. The highest BCUT2D eigenvalue weighted by Gasteiger charge is 2.12. The standard InChI is InChI=1S/C15H16N2O5/c1-10(2)9-22-15(19)8-16-13-5-4-12(17(20)21)7-11(13)3-6-14(16)18/h3-7,10H,8-9H2,1-2H3. The van der Waals surface area contributed by atoms with Gasteiger partial charge in [0.25, 0.3) is 11.2 Å². The smallest absolute Gasteiger partial charge is 0.326 e. The van der Waals surface area contributed by atoms with Gasteiger partial charge in [0.15, 0.2) is 0 Å². The van der Waals surface area contributed by atoms with Gasteiger partial charge in [-0.15, -0.1) is 0 Å². The molecule has 0 saturated carbocycles. The molecule has 0 amide bonds. The van der Waals surface area contributed by atoms with Crippen molar-refractivity contribution in [3.63, 3.8) is 0 Å². The van der Waals surface area contributed by atoms with E-state index in [9.17, 15) is 19.7 Å². The maximum Gasteiger partial charge on any atom is 0.326 e. The number of fused-ring (bicyclic) bond motifs is 1. The van der Waals surface area contributed by atoms with Crippen molar-refractivity contribution in [2.24, 2.45) is 5.92 Å². The van der Waals surface area contributed by atoms with Crippen LogP contribution in [0, 0.1) is 16.0 Å². The molecule has 7 heteroatoms. The lowest BCUT2D eigenvalue weighted by Crippen LogP contribution is -2.25. The fourth-order valence-electron chi connectivity index (χ4n) is 2.00. The van der Waals surface area contributed by atoms with Crippen LogP contribution in [0.1, 0.15) is 13.8 Å². The SMILES string of the molecule is CC(C)COC(=O)Cn1c(=O)ccc2cc([N+](=O)[O-])ccc21. The van der Waals surface area contributed by atoms with Crippen LogP contribution < -0.4 is 5.56 Å². The predicted octanol–water partition coefficient (Wildman–Crippen LogP) is 2.11. The van der Waals surface area contributed by atoms with Crippen LogP contribution in [-0.2, 0) is 16.1 Å². The Labute approximate surface area is 126 Å². The summed E-state index contributed by atoms with van der Waals surface area (Å²) in [6.07, 6.45) is 0. The van der Waals surface area contributed by atoms with Crippen molar-refractivity contribution in [1.29, 1.82) is 0 Å². The summed E-state index contributed by atoms with van der Waals surface area (Å²) in [5, 5.41) is 11.3. The molecule has 1 aromatic heterocycles. The van der Waals surface area contributed by atoms with E-state index in [4.69, 9.17) is 4.74 Å². The molecule has 1 heterocycles. The van der Waals surface area contributed by atoms with Crippen LogP contribution in [0.2, 0.25) is 0 Å². The van der Waals surface area contributed by atoms with Crippen molar-refractivity contribution < 1.29 is 14.5 Å². The van der Waals surface area contributed by atoms with Crippen molar-refractivity contribution in [2.45, 2.75) is 20.4 Å². The molecule has 2 rings (SSSR count). The molecule has 0 unspecified atom stereocenters. The number of ether oxygens (including phenoxy) is 1. The van der Waals surface area contributed by atoms with Crippen LogP contribution in [0.25, 0.3) is 10.9 Å². The largest absolute Gasteiger partial charge is 0.464 e. The fraction of sp³-hybridized carbons (Fsp3) is 0.333. The van der Waals surface area contributed by atoms with E-state index >= 15 is 0 Å². The molecule has 0 atom stereocenters. The second-order valence-corrected chi connectivity index (χ2v) is 5.33. The molecule has 0 N–H and O–H groups in total. The molecule has 0 aliphatic heterocycles. The van der Waals surface area contributed by atoms with Gasteiger partial charge in [0.2, 0.25) is 0 Å². The Balaban J connectivity index is 2.36. The summed E-state index contributed by atoms with van der Waals surface area (Å²) in [7, 11) is 0. The van der Waals surface area contributed by atoms with E-state index in [0.29, 0.717) is 10.9 Å². The second kappa shape index (κ2) is 6.38. The van der Waals surface area contributed by atoms with E-state index in [0.717, 1.165) is 0 Å². The molecule has 116 valence electrons. The van der Waals surface area contributed by atoms with Crippen LogP contribution in [0.5, 0.6) is 0 Å². The Morgan fingerprint density at radius 2 is 2.05 bits per heavy atom. The van der Waals surface area contributed by atoms with Gasteiger partial charge in [-0.1, -0.05) is 13.8 Å². The van der Waals surface area contributed by atoms with Crippen molar-refractivity contribution in [1.82, 2.24) is 4.57 Å². The minimum atomic E-state index is -0.512. The number of hydrogen-bond donors (Lipinski definition) is 0. The quantitative estimate of drug-likeness (QED) is 0.479. The van der Waals surface area contributed by atoms with Gasteiger partial charge in [-0.25, -0.2) is 0 Å². The molecular formula is C15H16N2O5. The lowest BCUT2D eigenvalue weighted by molar-refractivity contribution is -0.384. The highest BCUT2D eigenvalue weighted by atomic mass is 16.6. The molecule has 0 saturated heterocycles. The zero-order valence-electron chi connectivity index (χ0n) is 12.3. The normalized spacial score (nSPS) is 10.9. The van der Waals surface area contributed by atoms with Crippen molar-refractivity contribution in [2.75, 3.05) is 6.61 Å². The van der Waals surface area contributed by atoms with Gasteiger partial charge in [-0.2, -0.15) is 0 Å². The minimum absolute atomic E-state index is 0.0694. The van der Waals surface area contributed by atoms with E-state index < -0.39 is 10.9 Å². The number of benzene rings is 1. The maximum atomic E-state index is 11.9. The summed E-state index contributed by atoms with van der Waals surface area (Å²) in [6, 6.07) is 6.91. The Morgan fingerprint density at radius 3 is 2.68 bits per heavy atom. The van der Waals surface area contributed by atoms with Gasteiger partial charge >= 0.3 is 5.97 Å². The lowest BCUT2D eigenvalue weighted by Gasteiger charge is -2.11. The molecule has 1 aromatic carbocycles.